The molecule has 4 atom stereocenters. The molecule has 0 aliphatic heterocycles. The second-order valence-electron chi connectivity index (χ2n) is 4.51. The molecule has 4 nitrogen and oxygen atoms in total. The van der Waals surface area contributed by atoms with Gasteiger partial charge in [-0.3, -0.25) is 0 Å². The third-order valence-electron chi connectivity index (χ3n) is 3.05. The summed E-state index contributed by atoms with van der Waals surface area (Å²) in [7, 11) is 5.77. The van der Waals surface area contributed by atoms with Crippen molar-refractivity contribution in [1.82, 2.24) is 4.90 Å². The van der Waals surface area contributed by atoms with E-state index in [9.17, 15) is 4.21 Å². The van der Waals surface area contributed by atoms with E-state index in [2.05, 4.69) is 4.90 Å². The Kier molecular flexibility index (Phi) is 5.18. The first-order valence-corrected chi connectivity index (χ1v) is 6.48. The molecule has 0 aromatic carbocycles. The van der Waals surface area contributed by atoms with Crippen LogP contribution in [-0.2, 0) is 15.8 Å². The quantitative estimate of drug-likeness (QED) is 0.737. The highest BCUT2D eigenvalue weighted by Crippen LogP contribution is 2.29. The van der Waals surface area contributed by atoms with Crippen LogP contribution in [0.1, 0.15) is 19.3 Å². The Hall–Kier alpha value is 0.0300. The molecule has 1 rings (SSSR count). The van der Waals surface area contributed by atoms with Crippen molar-refractivity contribution >= 4 is 11.1 Å². The number of ether oxygens (including phenoxy) is 1. The number of hydrogen-bond acceptors (Lipinski definition) is 3. The first-order valence-electron chi connectivity index (χ1n) is 5.31. The summed E-state index contributed by atoms with van der Waals surface area (Å²) in [6, 6.07) is 0. The molecule has 0 radical (unpaired) electrons. The molecule has 1 saturated carbocycles. The molecule has 15 heavy (non-hydrogen) atoms. The average molecular weight is 235 g/mol. The SMILES string of the molecule is COC1CCC(S(=O)O)CC1CN(C)C. The summed E-state index contributed by atoms with van der Waals surface area (Å²) in [6.07, 6.45) is 2.73. The minimum atomic E-state index is -1.68. The highest BCUT2D eigenvalue weighted by Gasteiger charge is 2.33. The Morgan fingerprint density at radius 2 is 2.13 bits per heavy atom. The second kappa shape index (κ2) is 5.94. The summed E-state index contributed by atoms with van der Waals surface area (Å²) in [5, 5.41) is -0.0682. The summed E-state index contributed by atoms with van der Waals surface area (Å²) in [6.45, 7) is 0.923. The van der Waals surface area contributed by atoms with Gasteiger partial charge in [-0.1, -0.05) is 0 Å². The van der Waals surface area contributed by atoms with Gasteiger partial charge in [-0.15, -0.1) is 0 Å². The molecule has 5 heteroatoms. The van der Waals surface area contributed by atoms with Crippen molar-refractivity contribution in [3.63, 3.8) is 0 Å². The fourth-order valence-corrected chi connectivity index (χ4v) is 3.10. The van der Waals surface area contributed by atoms with Gasteiger partial charge in [0.15, 0.2) is 11.1 Å². The van der Waals surface area contributed by atoms with Crippen molar-refractivity contribution in [2.24, 2.45) is 5.92 Å². The van der Waals surface area contributed by atoms with Gasteiger partial charge in [-0.25, -0.2) is 4.21 Å². The largest absolute Gasteiger partial charge is 0.381 e. The van der Waals surface area contributed by atoms with Crippen LogP contribution < -0.4 is 0 Å². The minimum absolute atomic E-state index is 0.0682. The van der Waals surface area contributed by atoms with Gasteiger partial charge in [0, 0.05) is 13.7 Å². The smallest absolute Gasteiger partial charge is 0.155 e. The van der Waals surface area contributed by atoms with E-state index in [-0.39, 0.29) is 11.4 Å². The molecule has 1 aliphatic carbocycles. The maximum absolute atomic E-state index is 11.0. The molecule has 0 saturated heterocycles. The fraction of sp³-hybridized carbons (Fsp3) is 1.00. The van der Waals surface area contributed by atoms with E-state index in [1.54, 1.807) is 7.11 Å². The molecule has 0 aromatic rings. The van der Waals surface area contributed by atoms with Crippen molar-refractivity contribution in [1.29, 1.82) is 0 Å². The number of rotatable bonds is 4. The van der Waals surface area contributed by atoms with Crippen LogP contribution in [-0.4, -0.2) is 52.8 Å². The van der Waals surface area contributed by atoms with Crippen molar-refractivity contribution in [2.45, 2.75) is 30.6 Å². The van der Waals surface area contributed by atoms with E-state index in [0.717, 1.165) is 25.8 Å². The van der Waals surface area contributed by atoms with Crippen molar-refractivity contribution in [3.8, 4) is 0 Å². The van der Waals surface area contributed by atoms with E-state index in [0.29, 0.717) is 5.92 Å². The Morgan fingerprint density at radius 1 is 1.47 bits per heavy atom. The van der Waals surface area contributed by atoms with Gasteiger partial charge in [0.1, 0.15) is 0 Å². The van der Waals surface area contributed by atoms with Gasteiger partial charge in [0.05, 0.1) is 11.4 Å². The van der Waals surface area contributed by atoms with Gasteiger partial charge in [0.25, 0.3) is 0 Å². The van der Waals surface area contributed by atoms with Gasteiger partial charge >= 0.3 is 0 Å². The minimum Gasteiger partial charge on any atom is -0.381 e. The molecule has 0 aromatic heterocycles. The highest BCUT2D eigenvalue weighted by molar-refractivity contribution is 7.79. The predicted octanol–water partition coefficient (Wildman–Crippen LogP) is 0.953. The van der Waals surface area contributed by atoms with Crippen LogP contribution >= 0.6 is 0 Å². The molecule has 1 fully saturated rings. The van der Waals surface area contributed by atoms with E-state index in [1.807, 2.05) is 14.1 Å². The molecule has 0 amide bonds. The maximum atomic E-state index is 11.0. The van der Waals surface area contributed by atoms with Gasteiger partial charge < -0.3 is 14.2 Å². The predicted molar refractivity (Wildman–Crippen MR) is 61.3 cm³/mol. The van der Waals surface area contributed by atoms with Crippen molar-refractivity contribution < 1.29 is 13.5 Å². The zero-order valence-corrected chi connectivity index (χ0v) is 10.5. The molecule has 1 aliphatic rings. The third kappa shape index (κ3) is 3.83. The van der Waals surface area contributed by atoms with Crippen molar-refractivity contribution in [2.75, 3.05) is 27.7 Å². The summed E-state index contributed by atoms with van der Waals surface area (Å²) in [5.41, 5.74) is 0. The summed E-state index contributed by atoms with van der Waals surface area (Å²) in [5.74, 6) is 0.375. The molecule has 0 bridgehead atoms. The lowest BCUT2D eigenvalue weighted by Gasteiger charge is -2.35. The maximum Gasteiger partial charge on any atom is 0.155 e. The normalized spacial score (nSPS) is 34.3. The van der Waals surface area contributed by atoms with Crippen molar-refractivity contribution in [3.05, 3.63) is 0 Å². The summed E-state index contributed by atoms with van der Waals surface area (Å²) >= 11 is -1.68. The second-order valence-corrected chi connectivity index (χ2v) is 5.73. The number of hydrogen-bond donors (Lipinski definition) is 1. The topological polar surface area (TPSA) is 49.8 Å². The lowest BCUT2D eigenvalue weighted by atomic mass is 9.85. The monoisotopic (exact) mass is 235 g/mol. The van der Waals surface area contributed by atoms with E-state index >= 15 is 0 Å². The van der Waals surface area contributed by atoms with E-state index in [4.69, 9.17) is 9.29 Å². The molecule has 0 spiro atoms. The van der Waals surface area contributed by atoms with Crippen LogP contribution in [0.4, 0.5) is 0 Å². The Labute approximate surface area is 94.3 Å². The Balaban J connectivity index is 2.56. The third-order valence-corrected chi connectivity index (χ3v) is 4.05. The Bertz CT molecular complexity index is 223. The van der Waals surface area contributed by atoms with Gasteiger partial charge in [-0.2, -0.15) is 0 Å². The standard InChI is InChI=1S/C10H21NO3S/c1-11(2)7-8-6-9(15(12)13)4-5-10(8)14-3/h8-10H,4-7H2,1-3H3,(H,12,13). The molecule has 4 unspecified atom stereocenters. The lowest BCUT2D eigenvalue weighted by Crippen LogP contribution is -2.40. The van der Waals surface area contributed by atoms with Crippen LogP contribution in [0.15, 0.2) is 0 Å². The zero-order valence-electron chi connectivity index (χ0n) is 9.68. The first kappa shape index (κ1) is 13.1. The van der Waals surface area contributed by atoms with Crippen LogP contribution in [0.25, 0.3) is 0 Å². The summed E-state index contributed by atoms with van der Waals surface area (Å²) < 4.78 is 25.6. The van der Waals surface area contributed by atoms with Crippen LogP contribution in [0.5, 0.6) is 0 Å². The molecule has 1 N–H and O–H groups in total. The first-order chi connectivity index (χ1) is 7.04. The molecular formula is C10H21NO3S. The number of methoxy groups -OCH3 is 1. The average Bonchev–Trinajstić information content (AvgIpc) is 2.16. The molecule has 90 valence electrons. The van der Waals surface area contributed by atoms with Crippen LogP contribution in [0.2, 0.25) is 0 Å². The summed E-state index contributed by atoms with van der Waals surface area (Å²) in [4.78, 5) is 2.11. The Morgan fingerprint density at radius 3 is 2.60 bits per heavy atom. The molecule has 0 heterocycles. The lowest BCUT2D eigenvalue weighted by molar-refractivity contribution is 0.0150. The van der Waals surface area contributed by atoms with E-state index < -0.39 is 11.1 Å². The highest BCUT2D eigenvalue weighted by atomic mass is 32.2. The van der Waals surface area contributed by atoms with E-state index in [1.165, 1.54) is 0 Å². The zero-order chi connectivity index (χ0) is 11.4. The fourth-order valence-electron chi connectivity index (χ4n) is 2.35. The van der Waals surface area contributed by atoms with Crippen LogP contribution in [0.3, 0.4) is 0 Å². The van der Waals surface area contributed by atoms with Crippen LogP contribution in [0, 0.1) is 5.92 Å². The number of nitrogens with zero attached hydrogens (tertiary/aromatic N) is 1. The van der Waals surface area contributed by atoms with Gasteiger partial charge in [-0.05, 0) is 39.3 Å². The molecular weight excluding hydrogens is 214 g/mol. The van der Waals surface area contributed by atoms with Gasteiger partial charge in [0.2, 0.25) is 0 Å².